The predicted octanol–water partition coefficient (Wildman–Crippen LogP) is 1.61. The lowest BCUT2D eigenvalue weighted by Gasteiger charge is -1.93. The highest BCUT2D eigenvalue weighted by molar-refractivity contribution is 5.45. The van der Waals surface area contributed by atoms with Crippen LogP contribution in [0, 0.1) is 11.6 Å². The van der Waals surface area contributed by atoms with Crippen LogP contribution < -0.4 is 0 Å². The Morgan fingerprint density at radius 2 is 2.09 bits per heavy atom. The average molecular weight is 154 g/mol. The summed E-state index contributed by atoms with van der Waals surface area (Å²) in [7, 11) is 0. The van der Waals surface area contributed by atoms with E-state index in [1.54, 1.807) is 6.07 Å². The molecule has 2 nitrogen and oxygen atoms in total. The minimum atomic E-state index is -0.888. The zero-order valence-corrected chi connectivity index (χ0v) is 5.46. The van der Waals surface area contributed by atoms with Gasteiger partial charge in [0.25, 0.3) is 0 Å². The van der Waals surface area contributed by atoms with Gasteiger partial charge in [-0.15, -0.1) is 0 Å². The fourth-order valence-electron chi connectivity index (χ4n) is 0.914. The lowest BCUT2D eigenvalue weighted by Crippen LogP contribution is -1.91. The van der Waals surface area contributed by atoms with Crippen LogP contribution in [0.5, 0.6) is 0 Å². The lowest BCUT2D eigenvalue weighted by atomic mass is 10.4. The first-order valence-corrected chi connectivity index (χ1v) is 3.06. The van der Waals surface area contributed by atoms with Crippen LogP contribution in [0.2, 0.25) is 0 Å². The zero-order valence-electron chi connectivity index (χ0n) is 5.46. The first-order chi connectivity index (χ1) is 5.27. The molecule has 0 aliphatic carbocycles. The maximum Gasteiger partial charge on any atom is 0.177 e. The van der Waals surface area contributed by atoms with E-state index in [0.29, 0.717) is 5.52 Å². The number of halogens is 2. The van der Waals surface area contributed by atoms with Gasteiger partial charge < -0.3 is 0 Å². The fraction of sp³-hybridized carbons (Fsp3) is 0. The Bertz CT molecular complexity index is 358. The van der Waals surface area contributed by atoms with Crippen molar-refractivity contribution in [2.24, 2.45) is 0 Å². The van der Waals surface area contributed by atoms with Crippen molar-refractivity contribution in [3.8, 4) is 0 Å². The third-order valence-corrected chi connectivity index (χ3v) is 1.44. The summed E-state index contributed by atoms with van der Waals surface area (Å²) >= 11 is 0. The summed E-state index contributed by atoms with van der Waals surface area (Å²) in [5.41, 5.74) is 0.545. The van der Waals surface area contributed by atoms with E-state index in [1.807, 2.05) is 0 Å². The number of nitrogens with zero attached hydrogens (tertiary/aromatic N) is 2. The van der Waals surface area contributed by atoms with Crippen molar-refractivity contribution in [2.75, 3.05) is 0 Å². The highest BCUT2D eigenvalue weighted by Gasteiger charge is 2.02. The number of pyridine rings is 1. The third-order valence-electron chi connectivity index (χ3n) is 1.44. The minimum Gasteiger partial charge on any atom is -0.238 e. The molecule has 0 saturated carbocycles. The Hall–Kier alpha value is -1.45. The molecule has 0 N–H and O–H groups in total. The summed E-state index contributed by atoms with van der Waals surface area (Å²) in [5.74, 6) is -1.74. The van der Waals surface area contributed by atoms with Gasteiger partial charge in [0.05, 0.1) is 11.7 Å². The Morgan fingerprint density at radius 3 is 2.91 bits per heavy atom. The van der Waals surface area contributed by atoms with E-state index in [4.69, 9.17) is 0 Å². The smallest absolute Gasteiger partial charge is 0.177 e. The topological polar surface area (TPSA) is 17.3 Å². The Balaban J connectivity index is 2.86. The van der Waals surface area contributed by atoms with Crippen LogP contribution in [0.1, 0.15) is 0 Å². The Labute approximate surface area is 61.1 Å². The largest absolute Gasteiger partial charge is 0.238 e. The molecule has 56 valence electrons. The lowest BCUT2D eigenvalue weighted by molar-refractivity contribution is 0.501. The quantitative estimate of drug-likeness (QED) is 0.563. The van der Waals surface area contributed by atoms with Gasteiger partial charge >= 0.3 is 0 Å². The number of rotatable bonds is 0. The third kappa shape index (κ3) is 0.869. The molecule has 2 heterocycles. The summed E-state index contributed by atoms with van der Waals surface area (Å²) in [6, 6.07) is 2.70. The Kier molecular flexibility index (Phi) is 1.15. The molecule has 0 aliphatic heterocycles. The van der Waals surface area contributed by atoms with Crippen LogP contribution in [0.4, 0.5) is 8.78 Å². The van der Waals surface area contributed by atoms with E-state index in [9.17, 15) is 8.78 Å². The van der Waals surface area contributed by atoms with Crippen LogP contribution in [0.3, 0.4) is 0 Å². The van der Waals surface area contributed by atoms with E-state index in [1.165, 1.54) is 10.7 Å². The summed E-state index contributed by atoms with van der Waals surface area (Å²) in [6.45, 7) is 0. The number of fused-ring (bicyclic) bond motifs is 1. The summed E-state index contributed by atoms with van der Waals surface area (Å²) in [4.78, 5) is 0. The highest BCUT2D eigenvalue weighted by atomic mass is 19.2. The summed E-state index contributed by atoms with van der Waals surface area (Å²) < 4.78 is 26.3. The van der Waals surface area contributed by atoms with Crippen molar-refractivity contribution in [1.29, 1.82) is 0 Å². The molecule has 2 aromatic heterocycles. The van der Waals surface area contributed by atoms with E-state index in [0.717, 1.165) is 12.3 Å². The van der Waals surface area contributed by atoms with E-state index >= 15 is 0 Å². The van der Waals surface area contributed by atoms with Crippen molar-refractivity contribution in [2.45, 2.75) is 0 Å². The first kappa shape index (κ1) is 6.27. The summed E-state index contributed by atoms with van der Waals surface area (Å²) in [5, 5.41) is 3.73. The zero-order chi connectivity index (χ0) is 7.84. The van der Waals surface area contributed by atoms with Crippen LogP contribution in [0.15, 0.2) is 24.5 Å². The highest BCUT2D eigenvalue weighted by Crippen LogP contribution is 2.08. The molecular weight excluding hydrogens is 150 g/mol. The number of hydrogen-bond acceptors (Lipinski definition) is 1. The fourth-order valence-corrected chi connectivity index (χ4v) is 0.914. The molecule has 0 bridgehead atoms. The van der Waals surface area contributed by atoms with Gasteiger partial charge in [-0.25, -0.2) is 13.3 Å². The molecule has 0 aromatic carbocycles. The Morgan fingerprint density at radius 1 is 1.27 bits per heavy atom. The van der Waals surface area contributed by atoms with Gasteiger partial charge in [0.1, 0.15) is 0 Å². The van der Waals surface area contributed by atoms with Gasteiger partial charge in [0, 0.05) is 12.3 Å². The number of hydrogen-bond donors (Lipinski definition) is 0. The number of aromatic nitrogens is 2. The SMILES string of the molecule is Fc1cc2ccnn2cc1F. The van der Waals surface area contributed by atoms with Crippen LogP contribution >= 0.6 is 0 Å². The predicted molar refractivity (Wildman–Crippen MR) is 35.1 cm³/mol. The molecule has 0 saturated heterocycles. The van der Waals surface area contributed by atoms with Crippen molar-refractivity contribution in [3.05, 3.63) is 36.2 Å². The monoisotopic (exact) mass is 154 g/mol. The van der Waals surface area contributed by atoms with Gasteiger partial charge in [-0.2, -0.15) is 5.10 Å². The van der Waals surface area contributed by atoms with Crippen LogP contribution in [-0.4, -0.2) is 9.61 Å². The van der Waals surface area contributed by atoms with Gasteiger partial charge in [-0.1, -0.05) is 0 Å². The van der Waals surface area contributed by atoms with Gasteiger partial charge in [-0.3, -0.25) is 0 Å². The average Bonchev–Trinajstić information content (AvgIpc) is 2.36. The van der Waals surface area contributed by atoms with Gasteiger partial charge in [0.2, 0.25) is 0 Å². The molecule has 0 radical (unpaired) electrons. The van der Waals surface area contributed by atoms with Gasteiger partial charge in [0.15, 0.2) is 11.6 Å². The molecule has 0 aliphatic rings. The van der Waals surface area contributed by atoms with Crippen molar-refractivity contribution in [1.82, 2.24) is 9.61 Å². The molecular formula is C7H4F2N2. The molecule has 2 aromatic rings. The molecule has 4 heteroatoms. The standard InChI is InChI=1S/C7H4F2N2/c8-6-3-5-1-2-10-11(5)4-7(6)9/h1-4H. The van der Waals surface area contributed by atoms with E-state index in [2.05, 4.69) is 5.10 Å². The molecule has 0 atom stereocenters. The first-order valence-electron chi connectivity index (χ1n) is 3.06. The van der Waals surface area contributed by atoms with Gasteiger partial charge in [-0.05, 0) is 6.07 Å². The second-order valence-electron chi connectivity index (χ2n) is 2.17. The molecule has 0 unspecified atom stereocenters. The second kappa shape index (κ2) is 2.02. The van der Waals surface area contributed by atoms with Crippen LogP contribution in [0.25, 0.3) is 5.52 Å². The summed E-state index contributed by atoms with van der Waals surface area (Å²) in [6.07, 6.45) is 2.49. The van der Waals surface area contributed by atoms with Crippen molar-refractivity contribution >= 4 is 5.52 Å². The van der Waals surface area contributed by atoms with E-state index < -0.39 is 11.6 Å². The maximum atomic E-state index is 12.5. The van der Waals surface area contributed by atoms with Crippen LogP contribution in [-0.2, 0) is 0 Å². The molecule has 0 spiro atoms. The normalized spacial score (nSPS) is 10.7. The second-order valence-corrected chi connectivity index (χ2v) is 2.17. The van der Waals surface area contributed by atoms with Crippen molar-refractivity contribution in [3.63, 3.8) is 0 Å². The minimum absolute atomic E-state index is 0.545. The maximum absolute atomic E-state index is 12.5. The van der Waals surface area contributed by atoms with Crippen molar-refractivity contribution < 1.29 is 8.78 Å². The molecule has 0 fully saturated rings. The molecule has 0 amide bonds. The molecule has 2 rings (SSSR count). The van der Waals surface area contributed by atoms with E-state index in [-0.39, 0.29) is 0 Å². The molecule has 11 heavy (non-hydrogen) atoms.